The van der Waals surface area contributed by atoms with E-state index in [1.807, 2.05) is 4.90 Å². The molecule has 1 N–H and O–H groups in total. The molecule has 33 heavy (non-hydrogen) atoms. The van der Waals surface area contributed by atoms with Gasteiger partial charge in [0, 0.05) is 36.0 Å². The Labute approximate surface area is 195 Å². The second kappa shape index (κ2) is 8.41. The highest BCUT2D eigenvalue weighted by molar-refractivity contribution is 6.31. The predicted molar refractivity (Wildman–Crippen MR) is 121 cm³/mol. The van der Waals surface area contributed by atoms with Gasteiger partial charge in [-0.2, -0.15) is 5.10 Å². The zero-order valence-corrected chi connectivity index (χ0v) is 19.1. The summed E-state index contributed by atoms with van der Waals surface area (Å²) in [7, 11) is 0. The van der Waals surface area contributed by atoms with E-state index < -0.39 is 5.41 Å². The maximum Gasteiger partial charge on any atom is 0.256 e. The number of halogens is 2. The SMILES string of the molecule is CC1C[C@]2(CC[C@@H](NC(=O)c3cnn4cccnc34)CC2)C(=O)N1Cc1ccc(F)cc1Cl. The fraction of sp³-hybridized carbons (Fsp3) is 0.417. The lowest BCUT2D eigenvalue weighted by atomic mass is 9.70. The zero-order chi connectivity index (χ0) is 23.2. The molecule has 1 unspecified atom stereocenters. The molecule has 1 saturated heterocycles. The van der Waals surface area contributed by atoms with Crippen molar-refractivity contribution in [1.82, 2.24) is 24.8 Å². The van der Waals surface area contributed by atoms with E-state index in [4.69, 9.17) is 11.6 Å². The standard InChI is InChI=1S/C24H25ClFN5O2/c1-15-12-24(23(33)30(15)14-16-3-4-17(26)11-20(16)25)7-5-18(6-8-24)29-22(32)19-13-28-31-10-2-9-27-21(19)31/h2-4,9-11,13,15,18H,5-8,12,14H2,1H3,(H,29,32)/t15?,18-,24-. The minimum atomic E-state index is -0.404. The Kier molecular flexibility index (Phi) is 5.56. The number of hydrogen-bond donors (Lipinski definition) is 1. The molecule has 2 aliphatic rings. The first-order chi connectivity index (χ1) is 15.9. The van der Waals surface area contributed by atoms with Gasteiger partial charge in [0.05, 0.1) is 11.6 Å². The van der Waals surface area contributed by atoms with Gasteiger partial charge in [-0.05, 0) is 62.8 Å². The van der Waals surface area contributed by atoms with E-state index in [9.17, 15) is 14.0 Å². The quantitative estimate of drug-likeness (QED) is 0.626. The van der Waals surface area contributed by atoms with Crippen molar-refractivity contribution in [1.29, 1.82) is 0 Å². The second-order valence-electron chi connectivity index (χ2n) is 9.20. The summed E-state index contributed by atoms with van der Waals surface area (Å²) in [6.45, 7) is 2.43. The van der Waals surface area contributed by atoms with Gasteiger partial charge in [0.25, 0.3) is 5.91 Å². The number of amides is 2. The van der Waals surface area contributed by atoms with Gasteiger partial charge in [0.15, 0.2) is 5.65 Å². The van der Waals surface area contributed by atoms with Crippen LogP contribution in [0.1, 0.15) is 54.9 Å². The lowest BCUT2D eigenvalue weighted by molar-refractivity contribution is -0.138. The van der Waals surface area contributed by atoms with Crippen LogP contribution in [-0.2, 0) is 11.3 Å². The summed E-state index contributed by atoms with van der Waals surface area (Å²) in [6.07, 6.45) is 8.62. The highest BCUT2D eigenvalue weighted by Gasteiger charge is 2.51. The van der Waals surface area contributed by atoms with Crippen molar-refractivity contribution in [2.45, 2.75) is 57.7 Å². The molecule has 7 nitrogen and oxygen atoms in total. The van der Waals surface area contributed by atoms with Crippen molar-refractivity contribution in [3.8, 4) is 0 Å². The number of benzene rings is 1. The minimum absolute atomic E-state index is 0.00508. The first kappa shape index (κ1) is 21.8. The van der Waals surface area contributed by atoms with Gasteiger partial charge >= 0.3 is 0 Å². The van der Waals surface area contributed by atoms with E-state index in [1.165, 1.54) is 18.3 Å². The third-order valence-electron chi connectivity index (χ3n) is 7.09. The van der Waals surface area contributed by atoms with Gasteiger partial charge in [-0.25, -0.2) is 13.9 Å². The molecule has 1 saturated carbocycles. The van der Waals surface area contributed by atoms with Crippen LogP contribution in [0.3, 0.4) is 0 Å². The summed E-state index contributed by atoms with van der Waals surface area (Å²) < 4.78 is 15.0. The van der Waals surface area contributed by atoms with Crippen molar-refractivity contribution in [2.24, 2.45) is 5.41 Å². The van der Waals surface area contributed by atoms with Crippen LogP contribution >= 0.6 is 11.6 Å². The fourth-order valence-corrected chi connectivity index (χ4v) is 5.54. The summed E-state index contributed by atoms with van der Waals surface area (Å²) in [5.41, 5.74) is 1.32. The van der Waals surface area contributed by atoms with Crippen LogP contribution in [0.25, 0.3) is 5.65 Å². The van der Waals surface area contributed by atoms with Crippen LogP contribution in [0, 0.1) is 11.2 Å². The average molecular weight is 470 g/mol. The lowest BCUT2D eigenvalue weighted by Crippen LogP contribution is -2.43. The highest BCUT2D eigenvalue weighted by Crippen LogP contribution is 2.47. The van der Waals surface area contributed by atoms with E-state index in [2.05, 4.69) is 22.3 Å². The third-order valence-corrected chi connectivity index (χ3v) is 7.44. The monoisotopic (exact) mass is 469 g/mol. The van der Waals surface area contributed by atoms with Gasteiger partial charge in [0.2, 0.25) is 5.91 Å². The number of nitrogens with one attached hydrogen (secondary N) is 1. The summed E-state index contributed by atoms with van der Waals surface area (Å²) >= 11 is 6.20. The lowest BCUT2D eigenvalue weighted by Gasteiger charge is -2.36. The normalized spacial score (nSPS) is 25.2. The Hall–Kier alpha value is -3.00. The molecule has 0 bridgehead atoms. The fourth-order valence-electron chi connectivity index (χ4n) is 5.31. The number of aromatic nitrogens is 3. The first-order valence-electron chi connectivity index (χ1n) is 11.2. The van der Waals surface area contributed by atoms with Gasteiger partial charge in [-0.3, -0.25) is 9.59 Å². The molecule has 5 rings (SSSR count). The van der Waals surface area contributed by atoms with Crippen LogP contribution in [0.5, 0.6) is 0 Å². The molecule has 1 spiro atoms. The van der Waals surface area contributed by atoms with Gasteiger partial charge in [-0.15, -0.1) is 0 Å². The number of fused-ring (bicyclic) bond motifs is 1. The topological polar surface area (TPSA) is 79.6 Å². The molecule has 2 aromatic heterocycles. The predicted octanol–water partition coefficient (Wildman–Crippen LogP) is 4.00. The molecule has 0 radical (unpaired) electrons. The van der Waals surface area contributed by atoms with Crippen molar-refractivity contribution >= 4 is 29.1 Å². The van der Waals surface area contributed by atoms with Crippen LogP contribution in [-0.4, -0.2) is 43.4 Å². The Bertz CT molecular complexity index is 1220. The number of likely N-dealkylation sites (tertiary alicyclic amines) is 1. The summed E-state index contributed by atoms with van der Waals surface area (Å²) in [6, 6.07) is 6.14. The van der Waals surface area contributed by atoms with Gasteiger partial charge in [0.1, 0.15) is 11.4 Å². The molecule has 172 valence electrons. The molecule has 3 heterocycles. The number of nitrogens with zero attached hydrogens (tertiary/aromatic N) is 4. The largest absolute Gasteiger partial charge is 0.349 e. The molecular formula is C24H25ClFN5O2. The van der Waals surface area contributed by atoms with E-state index in [-0.39, 0.29) is 29.7 Å². The molecular weight excluding hydrogens is 445 g/mol. The Morgan fingerprint density at radius 2 is 2.12 bits per heavy atom. The number of carbonyl (C=O) groups is 2. The number of rotatable bonds is 4. The van der Waals surface area contributed by atoms with Crippen molar-refractivity contribution in [3.05, 3.63) is 64.8 Å². The maximum atomic E-state index is 13.4. The Morgan fingerprint density at radius 1 is 1.33 bits per heavy atom. The van der Waals surface area contributed by atoms with E-state index >= 15 is 0 Å². The van der Waals surface area contributed by atoms with Gasteiger partial charge in [-0.1, -0.05) is 17.7 Å². The maximum absolute atomic E-state index is 13.4. The van der Waals surface area contributed by atoms with Crippen LogP contribution < -0.4 is 5.32 Å². The first-order valence-corrected chi connectivity index (χ1v) is 11.6. The van der Waals surface area contributed by atoms with Crippen LogP contribution in [0.4, 0.5) is 4.39 Å². The zero-order valence-electron chi connectivity index (χ0n) is 18.3. The molecule has 1 aliphatic carbocycles. The van der Waals surface area contributed by atoms with E-state index in [1.54, 1.807) is 29.0 Å². The van der Waals surface area contributed by atoms with E-state index in [0.717, 1.165) is 37.7 Å². The molecule has 2 fully saturated rings. The molecule has 1 aromatic carbocycles. The summed E-state index contributed by atoms with van der Waals surface area (Å²) in [5.74, 6) is -0.448. The number of carbonyl (C=O) groups excluding carboxylic acids is 2. The average Bonchev–Trinajstić information content (AvgIpc) is 3.32. The van der Waals surface area contributed by atoms with Crippen LogP contribution in [0.2, 0.25) is 5.02 Å². The third kappa shape index (κ3) is 3.97. The molecule has 1 aliphatic heterocycles. The number of hydrogen-bond acceptors (Lipinski definition) is 4. The molecule has 2 amide bonds. The Morgan fingerprint density at radius 3 is 2.88 bits per heavy atom. The second-order valence-corrected chi connectivity index (χ2v) is 9.60. The van der Waals surface area contributed by atoms with Gasteiger partial charge < -0.3 is 10.2 Å². The van der Waals surface area contributed by atoms with Crippen LogP contribution in [0.15, 0.2) is 42.9 Å². The summed E-state index contributed by atoms with van der Waals surface area (Å²) in [5, 5.41) is 7.61. The van der Waals surface area contributed by atoms with Crippen molar-refractivity contribution < 1.29 is 14.0 Å². The smallest absolute Gasteiger partial charge is 0.256 e. The molecule has 9 heteroatoms. The summed E-state index contributed by atoms with van der Waals surface area (Å²) in [4.78, 5) is 32.4. The molecule has 1 atom stereocenters. The van der Waals surface area contributed by atoms with Crippen molar-refractivity contribution in [2.75, 3.05) is 0 Å². The Balaban J connectivity index is 1.23. The van der Waals surface area contributed by atoms with E-state index in [0.29, 0.717) is 22.8 Å². The molecule has 3 aromatic rings. The van der Waals surface area contributed by atoms with Crippen molar-refractivity contribution in [3.63, 3.8) is 0 Å². The highest BCUT2D eigenvalue weighted by atomic mass is 35.5. The minimum Gasteiger partial charge on any atom is -0.349 e.